The van der Waals surface area contributed by atoms with Crippen LogP contribution in [0.2, 0.25) is 5.02 Å². The van der Waals surface area contributed by atoms with E-state index in [1.165, 1.54) is 12.4 Å². The van der Waals surface area contributed by atoms with E-state index in [4.69, 9.17) is 11.6 Å². The minimum absolute atomic E-state index is 0.119. The first-order chi connectivity index (χ1) is 8.15. The molecule has 0 bridgehead atoms. The van der Waals surface area contributed by atoms with Gasteiger partial charge in [0.1, 0.15) is 22.6 Å². The molecule has 1 heterocycles. The van der Waals surface area contributed by atoms with Crippen LogP contribution in [0.1, 0.15) is 5.56 Å². The molecule has 0 saturated carbocycles. The van der Waals surface area contributed by atoms with Crippen molar-refractivity contribution in [1.82, 2.24) is 9.97 Å². The molecule has 17 heavy (non-hydrogen) atoms. The molecule has 0 saturated heterocycles. The van der Waals surface area contributed by atoms with Crippen LogP contribution in [0.25, 0.3) is 0 Å². The number of rotatable bonds is 3. The Balaban J connectivity index is 2.05. The third-order valence-electron chi connectivity index (χ3n) is 2.09. The van der Waals surface area contributed by atoms with E-state index in [2.05, 4.69) is 31.2 Å². The smallest absolute Gasteiger partial charge is 0.141 e. The van der Waals surface area contributed by atoms with E-state index in [-0.39, 0.29) is 5.02 Å². The van der Waals surface area contributed by atoms with Crippen molar-refractivity contribution < 1.29 is 4.39 Å². The predicted octanol–water partition coefficient (Wildman–Crippen LogP) is 3.64. The number of nitrogens with one attached hydrogen (secondary N) is 1. The fraction of sp³-hybridized carbons (Fsp3) is 0.0909. The quantitative estimate of drug-likeness (QED) is 0.879. The van der Waals surface area contributed by atoms with Crippen molar-refractivity contribution in [2.45, 2.75) is 6.54 Å². The maximum Gasteiger partial charge on any atom is 0.141 e. The third kappa shape index (κ3) is 3.38. The lowest BCUT2D eigenvalue weighted by Crippen LogP contribution is -2.01. The third-order valence-corrected chi connectivity index (χ3v) is 2.81. The Labute approximate surface area is 111 Å². The van der Waals surface area contributed by atoms with E-state index < -0.39 is 5.82 Å². The van der Waals surface area contributed by atoms with Crippen LogP contribution in [0, 0.1) is 5.82 Å². The van der Waals surface area contributed by atoms with Gasteiger partial charge < -0.3 is 5.32 Å². The molecule has 3 nitrogen and oxygen atoms in total. The number of nitrogens with zero attached hydrogens (tertiary/aromatic N) is 2. The molecule has 1 N–H and O–H groups in total. The Morgan fingerprint density at radius 1 is 1.29 bits per heavy atom. The fourth-order valence-electron chi connectivity index (χ4n) is 1.27. The van der Waals surface area contributed by atoms with E-state index in [9.17, 15) is 4.39 Å². The molecule has 0 aliphatic carbocycles. The first kappa shape index (κ1) is 12.3. The Bertz CT molecular complexity index is 536. The highest BCUT2D eigenvalue weighted by Crippen LogP contribution is 2.17. The molecule has 0 aliphatic rings. The second kappa shape index (κ2) is 5.42. The Kier molecular flexibility index (Phi) is 3.91. The van der Waals surface area contributed by atoms with Gasteiger partial charge in [-0.3, -0.25) is 0 Å². The Hall–Kier alpha value is -1.20. The Morgan fingerprint density at radius 3 is 2.82 bits per heavy atom. The number of hydrogen-bond acceptors (Lipinski definition) is 3. The molecule has 0 unspecified atom stereocenters. The van der Waals surface area contributed by atoms with E-state index in [1.807, 2.05) is 0 Å². The zero-order chi connectivity index (χ0) is 12.3. The van der Waals surface area contributed by atoms with Crippen LogP contribution < -0.4 is 5.32 Å². The van der Waals surface area contributed by atoms with Crippen molar-refractivity contribution in [1.29, 1.82) is 0 Å². The molecule has 2 aromatic rings. The van der Waals surface area contributed by atoms with Crippen molar-refractivity contribution in [2.24, 2.45) is 0 Å². The van der Waals surface area contributed by atoms with Gasteiger partial charge in [0.2, 0.25) is 0 Å². The van der Waals surface area contributed by atoms with Crippen LogP contribution in [-0.2, 0) is 6.54 Å². The molecule has 0 aliphatic heterocycles. The fourth-order valence-corrected chi connectivity index (χ4v) is 1.78. The summed E-state index contributed by atoms with van der Waals surface area (Å²) in [7, 11) is 0. The number of aromatic nitrogens is 2. The van der Waals surface area contributed by atoms with Crippen LogP contribution in [0.5, 0.6) is 0 Å². The molecule has 1 aromatic heterocycles. The average Bonchev–Trinajstić information content (AvgIpc) is 2.31. The van der Waals surface area contributed by atoms with Crippen LogP contribution in [0.3, 0.4) is 0 Å². The molecule has 0 atom stereocenters. The molecule has 0 spiro atoms. The van der Waals surface area contributed by atoms with Gasteiger partial charge in [-0.1, -0.05) is 17.7 Å². The monoisotopic (exact) mass is 315 g/mol. The molecule has 0 amide bonds. The number of hydrogen-bond donors (Lipinski definition) is 1. The summed E-state index contributed by atoms with van der Waals surface area (Å²) in [5, 5.41) is 3.20. The van der Waals surface area contributed by atoms with Gasteiger partial charge >= 0.3 is 0 Å². The maximum atomic E-state index is 12.9. The van der Waals surface area contributed by atoms with E-state index in [1.54, 1.807) is 18.2 Å². The normalized spacial score (nSPS) is 10.3. The largest absolute Gasteiger partial charge is 0.366 e. The zero-order valence-corrected chi connectivity index (χ0v) is 11.0. The SMILES string of the molecule is Fc1ccc(CNc2cc(Br)ncn2)cc1Cl. The molecule has 88 valence electrons. The first-order valence-electron chi connectivity index (χ1n) is 4.80. The van der Waals surface area contributed by atoms with E-state index in [0.29, 0.717) is 17.0 Å². The topological polar surface area (TPSA) is 37.8 Å². The van der Waals surface area contributed by atoms with Crippen molar-refractivity contribution in [3.05, 3.63) is 51.6 Å². The molecule has 0 radical (unpaired) electrons. The average molecular weight is 317 g/mol. The molecule has 0 fully saturated rings. The summed E-state index contributed by atoms with van der Waals surface area (Å²) >= 11 is 8.93. The second-order valence-electron chi connectivity index (χ2n) is 3.33. The number of benzene rings is 1. The van der Waals surface area contributed by atoms with Crippen molar-refractivity contribution in [2.75, 3.05) is 5.32 Å². The molecular weight excluding hydrogens is 308 g/mol. The van der Waals surface area contributed by atoms with Gasteiger partial charge in [0.25, 0.3) is 0 Å². The van der Waals surface area contributed by atoms with Gasteiger partial charge in [-0.05, 0) is 33.6 Å². The van der Waals surface area contributed by atoms with E-state index in [0.717, 1.165) is 5.56 Å². The summed E-state index contributed by atoms with van der Waals surface area (Å²) in [4.78, 5) is 7.95. The van der Waals surface area contributed by atoms with Crippen LogP contribution in [0.15, 0.2) is 35.2 Å². The maximum absolute atomic E-state index is 12.9. The highest BCUT2D eigenvalue weighted by molar-refractivity contribution is 9.10. The summed E-state index contributed by atoms with van der Waals surface area (Å²) in [6.45, 7) is 0.517. The lowest BCUT2D eigenvalue weighted by molar-refractivity contribution is 0.627. The summed E-state index contributed by atoms with van der Waals surface area (Å²) in [6.07, 6.45) is 1.45. The molecule has 6 heteroatoms. The molecule has 2 rings (SSSR count). The minimum Gasteiger partial charge on any atom is -0.366 e. The second-order valence-corrected chi connectivity index (χ2v) is 4.55. The summed E-state index contributed by atoms with van der Waals surface area (Å²) in [5.74, 6) is 0.271. The van der Waals surface area contributed by atoms with Crippen molar-refractivity contribution >= 4 is 33.3 Å². The summed E-state index contributed by atoms with van der Waals surface area (Å²) < 4.78 is 13.6. The Morgan fingerprint density at radius 2 is 2.12 bits per heavy atom. The van der Waals surface area contributed by atoms with Gasteiger partial charge in [-0.25, -0.2) is 14.4 Å². The number of anilines is 1. The summed E-state index contributed by atoms with van der Waals surface area (Å²) in [5.41, 5.74) is 0.881. The molecule has 1 aromatic carbocycles. The van der Waals surface area contributed by atoms with Crippen LogP contribution in [-0.4, -0.2) is 9.97 Å². The van der Waals surface area contributed by atoms with Gasteiger partial charge in [0.05, 0.1) is 5.02 Å². The first-order valence-corrected chi connectivity index (χ1v) is 5.97. The zero-order valence-electron chi connectivity index (χ0n) is 8.62. The van der Waals surface area contributed by atoms with Gasteiger partial charge in [-0.2, -0.15) is 0 Å². The van der Waals surface area contributed by atoms with Gasteiger partial charge in [0, 0.05) is 12.6 Å². The predicted molar refractivity (Wildman–Crippen MR) is 68.5 cm³/mol. The van der Waals surface area contributed by atoms with Crippen molar-refractivity contribution in [3.8, 4) is 0 Å². The summed E-state index contributed by atoms with van der Waals surface area (Å²) in [6, 6.07) is 6.35. The molecular formula is C11H8BrClFN3. The number of halogens is 3. The van der Waals surface area contributed by atoms with Crippen molar-refractivity contribution in [3.63, 3.8) is 0 Å². The van der Waals surface area contributed by atoms with Gasteiger partial charge in [-0.15, -0.1) is 0 Å². The van der Waals surface area contributed by atoms with Crippen LogP contribution >= 0.6 is 27.5 Å². The highest BCUT2D eigenvalue weighted by Gasteiger charge is 2.01. The lowest BCUT2D eigenvalue weighted by Gasteiger charge is -2.06. The van der Waals surface area contributed by atoms with E-state index >= 15 is 0 Å². The van der Waals surface area contributed by atoms with Gasteiger partial charge in [0.15, 0.2) is 0 Å². The van der Waals surface area contributed by atoms with Crippen LogP contribution in [0.4, 0.5) is 10.2 Å². The lowest BCUT2D eigenvalue weighted by atomic mass is 10.2. The standard InChI is InChI=1S/C11H8BrClFN3/c12-10-4-11(17-6-16-10)15-5-7-1-2-9(14)8(13)3-7/h1-4,6H,5H2,(H,15,16,17). The highest BCUT2D eigenvalue weighted by atomic mass is 79.9. The minimum atomic E-state index is -0.416.